The van der Waals surface area contributed by atoms with Gasteiger partial charge in [0.05, 0.1) is 0 Å². The molecule has 1 heterocycles. The number of benzene rings is 1. The van der Waals surface area contributed by atoms with Crippen molar-refractivity contribution in [2.45, 2.75) is 18.8 Å². The Bertz CT molecular complexity index is 553. The van der Waals surface area contributed by atoms with Crippen molar-refractivity contribution in [1.29, 1.82) is 0 Å². The van der Waals surface area contributed by atoms with Crippen molar-refractivity contribution in [3.63, 3.8) is 0 Å². The summed E-state index contributed by atoms with van der Waals surface area (Å²) >= 11 is 1.40. The summed E-state index contributed by atoms with van der Waals surface area (Å²) in [6.07, 6.45) is 2.44. The van der Waals surface area contributed by atoms with E-state index in [1.54, 1.807) is 0 Å². The van der Waals surface area contributed by atoms with Gasteiger partial charge in [-0.3, -0.25) is 0 Å². The Balaban J connectivity index is 1.67. The van der Waals surface area contributed by atoms with E-state index in [0.29, 0.717) is 19.1 Å². The van der Waals surface area contributed by atoms with Crippen LogP contribution in [0.25, 0.3) is 0 Å². The smallest absolute Gasteiger partial charge is 0.207 e. The Morgan fingerprint density at radius 3 is 3.11 bits per heavy atom. The van der Waals surface area contributed by atoms with E-state index in [1.165, 1.54) is 24.4 Å². The quantitative estimate of drug-likeness (QED) is 0.848. The van der Waals surface area contributed by atoms with Gasteiger partial charge in [0.15, 0.2) is 0 Å². The molecule has 100 valence electrons. The second-order valence-corrected chi connectivity index (χ2v) is 5.27. The fourth-order valence-corrected chi connectivity index (χ4v) is 2.42. The molecule has 1 aromatic carbocycles. The van der Waals surface area contributed by atoms with Gasteiger partial charge in [0.1, 0.15) is 18.2 Å². The predicted molar refractivity (Wildman–Crippen MR) is 76.2 cm³/mol. The van der Waals surface area contributed by atoms with Gasteiger partial charge in [0.2, 0.25) is 5.13 Å². The Morgan fingerprint density at radius 1 is 1.42 bits per heavy atom. The van der Waals surface area contributed by atoms with Gasteiger partial charge in [-0.25, -0.2) is 4.98 Å². The number of aromatic nitrogens is 2. The summed E-state index contributed by atoms with van der Waals surface area (Å²) in [6, 6.07) is 7.77. The molecule has 1 aliphatic carbocycles. The molecular formula is C13H16N4OS. The third-order valence-corrected chi connectivity index (χ3v) is 3.50. The lowest BCUT2D eigenvalue weighted by Gasteiger charge is -2.07. The molecule has 1 saturated carbocycles. The average Bonchev–Trinajstić information content (AvgIpc) is 3.18. The molecule has 0 atom stereocenters. The Kier molecular flexibility index (Phi) is 3.61. The highest BCUT2D eigenvalue weighted by molar-refractivity contribution is 7.09. The molecule has 1 aliphatic rings. The molecule has 0 aliphatic heterocycles. The molecule has 5 nitrogen and oxygen atoms in total. The first-order valence-electron chi connectivity index (χ1n) is 6.39. The molecule has 1 aromatic heterocycles. The number of rotatable bonds is 6. The lowest BCUT2D eigenvalue weighted by Crippen LogP contribution is -2.10. The zero-order valence-corrected chi connectivity index (χ0v) is 11.3. The van der Waals surface area contributed by atoms with E-state index >= 15 is 0 Å². The minimum absolute atomic E-state index is 0.513. The summed E-state index contributed by atoms with van der Waals surface area (Å²) in [5.41, 5.74) is 6.37. The molecule has 2 aromatic rings. The maximum atomic E-state index is 5.49. The maximum Gasteiger partial charge on any atom is 0.207 e. The third-order valence-electron chi connectivity index (χ3n) is 2.86. The summed E-state index contributed by atoms with van der Waals surface area (Å²) < 4.78 is 9.86. The molecule has 0 radical (unpaired) electrons. The number of ether oxygens (including phenoxy) is 1. The van der Waals surface area contributed by atoms with Gasteiger partial charge in [-0.05, 0) is 25.0 Å². The normalized spacial score (nSPS) is 14.4. The monoisotopic (exact) mass is 276 g/mol. The highest BCUT2D eigenvalue weighted by atomic mass is 32.1. The van der Waals surface area contributed by atoms with Gasteiger partial charge in [0.25, 0.3) is 0 Å². The average molecular weight is 276 g/mol. The SMILES string of the molecule is NCCOc1cccc(Nc2nc(C3CC3)ns2)c1. The van der Waals surface area contributed by atoms with Crippen LogP contribution in [-0.2, 0) is 0 Å². The van der Waals surface area contributed by atoms with Crippen LogP contribution in [0.3, 0.4) is 0 Å². The standard InChI is InChI=1S/C13H16N4OS/c14-6-7-18-11-3-1-2-10(8-11)15-13-16-12(17-19-13)9-4-5-9/h1-3,8-9H,4-7,14H2,(H,15,16,17). The molecule has 19 heavy (non-hydrogen) atoms. The van der Waals surface area contributed by atoms with Crippen LogP contribution < -0.4 is 15.8 Å². The highest BCUT2D eigenvalue weighted by Crippen LogP contribution is 2.39. The van der Waals surface area contributed by atoms with Gasteiger partial charge in [-0.2, -0.15) is 4.37 Å². The van der Waals surface area contributed by atoms with E-state index in [2.05, 4.69) is 14.7 Å². The van der Waals surface area contributed by atoms with Crippen molar-refractivity contribution in [3.05, 3.63) is 30.1 Å². The number of anilines is 2. The fraction of sp³-hybridized carbons (Fsp3) is 0.385. The number of hydrogen-bond acceptors (Lipinski definition) is 6. The molecule has 3 N–H and O–H groups in total. The van der Waals surface area contributed by atoms with E-state index in [1.807, 2.05) is 24.3 Å². The Morgan fingerprint density at radius 2 is 2.32 bits per heavy atom. The van der Waals surface area contributed by atoms with Gasteiger partial charge in [-0.15, -0.1) is 0 Å². The van der Waals surface area contributed by atoms with Crippen molar-refractivity contribution >= 4 is 22.4 Å². The molecule has 0 amide bonds. The summed E-state index contributed by atoms with van der Waals surface area (Å²) in [5.74, 6) is 2.37. The molecule has 3 rings (SSSR count). The fourth-order valence-electron chi connectivity index (χ4n) is 1.76. The topological polar surface area (TPSA) is 73.1 Å². The first-order valence-corrected chi connectivity index (χ1v) is 7.16. The number of nitrogens with zero attached hydrogens (tertiary/aromatic N) is 2. The lowest BCUT2D eigenvalue weighted by molar-refractivity contribution is 0.328. The summed E-state index contributed by atoms with van der Waals surface area (Å²) in [6.45, 7) is 1.03. The van der Waals surface area contributed by atoms with Crippen LogP contribution in [0.1, 0.15) is 24.6 Å². The van der Waals surface area contributed by atoms with Crippen molar-refractivity contribution in [3.8, 4) is 5.75 Å². The van der Waals surface area contributed by atoms with Gasteiger partial charge >= 0.3 is 0 Å². The highest BCUT2D eigenvalue weighted by Gasteiger charge is 2.27. The van der Waals surface area contributed by atoms with Crippen molar-refractivity contribution in [2.75, 3.05) is 18.5 Å². The van der Waals surface area contributed by atoms with Crippen LogP contribution in [0, 0.1) is 0 Å². The molecular weight excluding hydrogens is 260 g/mol. The second kappa shape index (κ2) is 5.54. The summed E-state index contributed by atoms with van der Waals surface area (Å²) in [4.78, 5) is 4.49. The van der Waals surface area contributed by atoms with Gasteiger partial charge < -0.3 is 15.8 Å². The summed E-state index contributed by atoms with van der Waals surface area (Å²) in [5, 5.41) is 4.09. The molecule has 0 spiro atoms. The number of hydrogen-bond donors (Lipinski definition) is 2. The summed E-state index contributed by atoms with van der Waals surface area (Å²) in [7, 11) is 0. The van der Waals surface area contributed by atoms with E-state index in [-0.39, 0.29) is 0 Å². The van der Waals surface area contributed by atoms with Crippen LogP contribution in [-0.4, -0.2) is 22.5 Å². The van der Waals surface area contributed by atoms with Crippen molar-refractivity contribution < 1.29 is 4.74 Å². The van der Waals surface area contributed by atoms with Crippen LogP contribution >= 0.6 is 11.5 Å². The Labute approximate surface area is 116 Å². The Hall–Kier alpha value is -1.66. The third kappa shape index (κ3) is 3.21. The minimum Gasteiger partial charge on any atom is -0.492 e. The lowest BCUT2D eigenvalue weighted by atomic mass is 10.3. The van der Waals surface area contributed by atoms with E-state index in [9.17, 15) is 0 Å². The van der Waals surface area contributed by atoms with E-state index < -0.39 is 0 Å². The van der Waals surface area contributed by atoms with E-state index in [4.69, 9.17) is 10.5 Å². The van der Waals surface area contributed by atoms with Gasteiger partial charge in [0, 0.05) is 35.7 Å². The molecule has 6 heteroatoms. The van der Waals surface area contributed by atoms with Crippen LogP contribution in [0.5, 0.6) is 5.75 Å². The number of nitrogens with one attached hydrogen (secondary N) is 1. The van der Waals surface area contributed by atoms with Crippen molar-refractivity contribution in [2.24, 2.45) is 5.73 Å². The first kappa shape index (κ1) is 12.4. The van der Waals surface area contributed by atoms with Crippen molar-refractivity contribution in [1.82, 2.24) is 9.36 Å². The molecule has 0 saturated heterocycles. The van der Waals surface area contributed by atoms with Crippen LogP contribution in [0.4, 0.5) is 10.8 Å². The molecule has 0 bridgehead atoms. The van der Waals surface area contributed by atoms with Gasteiger partial charge in [-0.1, -0.05) is 6.07 Å². The zero-order valence-electron chi connectivity index (χ0n) is 10.5. The largest absolute Gasteiger partial charge is 0.492 e. The van der Waals surface area contributed by atoms with E-state index in [0.717, 1.165) is 22.4 Å². The molecule has 0 unspecified atom stereocenters. The predicted octanol–water partition coefficient (Wildman–Crippen LogP) is 2.50. The van der Waals surface area contributed by atoms with Crippen LogP contribution in [0.2, 0.25) is 0 Å². The first-order chi connectivity index (χ1) is 9.35. The zero-order chi connectivity index (χ0) is 13.1. The van der Waals surface area contributed by atoms with Crippen LogP contribution in [0.15, 0.2) is 24.3 Å². The minimum atomic E-state index is 0.513. The second-order valence-electron chi connectivity index (χ2n) is 4.52. The molecule has 1 fully saturated rings. The maximum absolute atomic E-state index is 5.49. The number of nitrogens with two attached hydrogens (primary N) is 1.